The van der Waals surface area contributed by atoms with Crippen LogP contribution in [0, 0.1) is 12.3 Å². The van der Waals surface area contributed by atoms with E-state index in [9.17, 15) is 18.0 Å². The summed E-state index contributed by atoms with van der Waals surface area (Å²) in [5.41, 5.74) is 3.91. The first kappa shape index (κ1) is 26.6. The summed E-state index contributed by atoms with van der Waals surface area (Å²) >= 11 is 0. The zero-order valence-electron chi connectivity index (χ0n) is 23.6. The van der Waals surface area contributed by atoms with Crippen LogP contribution in [-0.4, -0.2) is 39.5 Å². The monoisotopic (exact) mass is 605 g/mol. The normalized spacial score (nSPS) is 19.0. The molecule has 0 spiro atoms. The highest BCUT2D eigenvalue weighted by Crippen LogP contribution is 2.64. The van der Waals surface area contributed by atoms with Gasteiger partial charge in [0.05, 0.1) is 17.1 Å². The van der Waals surface area contributed by atoms with E-state index in [4.69, 9.17) is 6.42 Å². The molecule has 0 aliphatic heterocycles. The number of pyridine rings is 1. The molecule has 2 saturated carbocycles. The quantitative estimate of drug-likeness (QED) is 0.232. The van der Waals surface area contributed by atoms with Crippen LogP contribution >= 0.6 is 0 Å². The van der Waals surface area contributed by atoms with Crippen molar-refractivity contribution in [2.45, 2.75) is 50.1 Å². The number of benzene rings is 2. The molecule has 11 nitrogen and oxygen atoms in total. The second kappa shape index (κ2) is 9.51. The van der Waals surface area contributed by atoms with E-state index >= 15 is 0 Å². The Kier molecular flexibility index (Phi) is 5.75. The Balaban J connectivity index is 1.27. The number of carbonyl (C=O) groups is 1. The number of nitrogens with zero attached hydrogens (tertiary/aromatic N) is 4. The van der Waals surface area contributed by atoms with E-state index in [1.54, 1.807) is 16.8 Å². The van der Waals surface area contributed by atoms with E-state index in [0.29, 0.717) is 28.2 Å². The molecule has 8 rings (SSSR count). The lowest BCUT2D eigenvalue weighted by Crippen LogP contribution is -2.35. The van der Waals surface area contributed by atoms with E-state index in [0.717, 1.165) is 35.8 Å². The van der Waals surface area contributed by atoms with Crippen molar-refractivity contribution < 1.29 is 13.2 Å². The van der Waals surface area contributed by atoms with Crippen molar-refractivity contribution in [1.29, 1.82) is 0 Å². The van der Waals surface area contributed by atoms with E-state index < -0.39 is 22.2 Å². The summed E-state index contributed by atoms with van der Waals surface area (Å²) in [4.78, 5) is 32.7. The zero-order chi connectivity index (χ0) is 30.3. The van der Waals surface area contributed by atoms with Crippen LogP contribution in [0.3, 0.4) is 0 Å². The summed E-state index contributed by atoms with van der Waals surface area (Å²) in [6, 6.07) is 14.0. The summed E-state index contributed by atoms with van der Waals surface area (Å²) in [5, 5.41) is 8.77. The Bertz CT molecular complexity index is 2250. The first-order chi connectivity index (χ1) is 21.3. The Morgan fingerprint density at radius 3 is 2.64 bits per heavy atom. The standard InChI is InChI=1S/C32H27N7O4S/c1-3-18-10-13-21-22-16-23(22)26-25(21)24(18)32(41)39(20-8-5-4-6-9-20)28(26)17(2)34-31(40)27-29(35-38-15-7-14-33-30(27)38)37-44(42,43)36-19-11-12-19/h1,4-10,13-15,17,19,22-23,36H,11-12,16H2,2H3,(H,34,40)(H,35,37)/t17-,22-,23-/m0/s1. The number of carbonyl (C=O) groups excluding carboxylic acids is 1. The number of hydrogen-bond donors (Lipinski definition) is 3. The SMILES string of the molecule is C#Cc1ccc2c3c(c([C@H](C)NC(=O)c4c(NS(=O)(=O)NC5CC5)nn5cccnc45)n(-c4ccccc4)c(=O)c13)[C@H]1C[C@@H]21. The van der Waals surface area contributed by atoms with Gasteiger partial charge in [-0.05, 0) is 78.8 Å². The van der Waals surface area contributed by atoms with Gasteiger partial charge in [-0.15, -0.1) is 11.5 Å². The minimum absolute atomic E-state index is 0.0240. The molecule has 0 saturated heterocycles. The molecule has 3 atom stereocenters. The van der Waals surface area contributed by atoms with Gasteiger partial charge in [-0.3, -0.25) is 18.9 Å². The van der Waals surface area contributed by atoms with Crippen molar-refractivity contribution >= 4 is 38.4 Å². The Hall–Kier alpha value is -4.99. The predicted molar refractivity (Wildman–Crippen MR) is 165 cm³/mol. The van der Waals surface area contributed by atoms with Gasteiger partial charge >= 0.3 is 10.2 Å². The summed E-state index contributed by atoms with van der Waals surface area (Å²) in [6.07, 6.45) is 11.4. The molecular formula is C32H27N7O4S. The van der Waals surface area contributed by atoms with Crippen molar-refractivity contribution in [1.82, 2.24) is 29.2 Å². The summed E-state index contributed by atoms with van der Waals surface area (Å²) < 4.78 is 33.6. The van der Waals surface area contributed by atoms with Crippen molar-refractivity contribution in [3.63, 3.8) is 0 Å². The van der Waals surface area contributed by atoms with Crippen LogP contribution in [-0.2, 0) is 10.2 Å². The van der Waals surface area contributed by atoms with E-state index in [2.05, 4.69) is 30.8 Å². The average molecular weight is 606 g/mol. The van der Waals surface area contributed by atoms with Gasteiger partial charge < -0.3 is 5.32 Å². The number of amides is 1. The number of nitrogens with one attached hydrogen (secondary N) is 3. The van der Waals surface area contributed by atoms with E-state index in [1.807, 2.05) is 49.4 Å². The van der Waals surface area contributed by atoms with Gasteiger partial charge in [-0.25, -0.2) is 9.50 Å². The molecule has 3 aliphatic rings. The topological polar surface area (TPSA) is 139 Å². The Morgan fingerprint density at radius 1 is 1.09 bits per heavy atom. The fraction of sp³-hybridized carbons (Fsp3) is 0.250. The van der Waals surface area contributed by atoms with Gasteiger partial charge in [-0.2, -0.15) is 13.1 Å². The Morgan fingerprint density at radius 2 is 1.89 bits per heavy atom. The van der Waals surface area contributed by atoms with Crippen molar-refractivity contribution in [3.8, 4) is 18.0 Å². The smallest absolute Gasteiger partial charge is 0.300 e. The third-order valence-corrected chi connectivity index (χ3v) is 9.79. The number of aromatic nitrogens is 4. The molecule has 3 aliphatic carbocycles. The molecular weight excluding hydrogens is 578 g/mol. The van der Waals surface area contributed by atoms with E-state index in [-0.39, 0.29) is 34.5 Å². The van der Waals surface area contributed by atoms with Crippen LogP contribution in [0.1, 0.15) is 76.8 Å². The van der Waals surface area contributed by atoms with Crippen molar-refractivity contribution in [2.75, 3.05) is 4.72 Å². The molecule has 0 radical (unpaired) electrons. The van der Waals surface area contributed by atoms with Crippen molar-refractivity contribution in [3.05, 3.63) is 99.2 Å². The maximum absolute atomic E-state index is 14.3. The number of terminal acetylenes is 1. The largest absolute Gasteiger partial charge is 0.344 e. The fourth-order valence-corrected chi connectivity index (χ4v) is 7.74. The highest BCUT2D eigenvalue weighted by molar-refractivity contribution is 7.90. The molecule has 5 aromatic rings. The predicted octanol–water partition coefficient (Wildman–Crippen LogP) is 3.50. The molecule has 2 fully saturated rings. The maximum Gasteiger partial charge on any atom is 0.300 e. The minimum Gasteiger partial charge on any atom is -0.344 e. The molecule has 3 heterocycles. The minimum atomic E-state index is -3.99. The molecule has 44 heavy (non-hydrogen) atoms. The second-order valence-electron chi connectivity index (χ2n) is 11.6. The van der Waals surface area contributed by atoms with Crippen LogP contribution in [0.4, 0.5) is 5.82 Å². The van der Waals surface area contributed by atoms with Crippen LogP contribution < -0.4 is 20.3 Å². The van der Waals surface area contributed by atoms with Gasteiger partial charge in [0.15, 0.2) is 11.5 Å². The second-order valence-corrected chi connectivity index (χ2v) is 13.1. The molecule has 0 unspecified atom stereocenters. The Labute approximate surface area is 252 Å². The van der Waals surface area contributed by atoms with E-state index in [1.165, 1.54) is 10.7 Å². The number of rotatable bonds is 8. The first-order valence-electron chi connectivity index (χ1n) is 14.5. The van der Waals surface area contributed by atoms with Gasteiger partial charge in [0.1, 0.15) is 5.56 Å². The van der Waals surface area contributed by atoms with Gasteiger partial charge in [0, 0.05) is 29.7 Å². The molecule has 220 valence electrons. The van der Waals surface area contributed by atoms with Gasteiger partial charge in [0.25, 0.3) is 11.5 Å². The van der Waals surface area contributed by atoms with Gasteiger partial charge in [-0.1, -0.05) is 30.2 Å². The number of para-hydroxylation sites is 1. The first-order valence-corrected chi connectivity index (χ1v) is 16.0. The lowest BCUT2D eigenvalue weighted by atomic mass is 9.94. The number of hydrogen-bond acceptors (Lipinski definition) is 6. The summed E-state index contributed by atoms with van der Waals surface area (Å²) in [6.45, 7) is 1.83. The molecule has 2 aromatic carbocycles. The van der Waals surface area contributed by atoms with Gasteiger partial charge in [0.2, 0.25) is 0 Å². The van der Waals surface area contributed by atoms with Crippen LogP contribution in [0.15, 0.2) is 65.7 Å². The van der Waals surface area contributed by atoms with Crippen LogP contribution in [0.25, 0.3) is 22.1 Å². The lowest BCUT2D eigenvalue weighted by Gasteiger charge is -2.25. The molecule has 12 heteroatoms. The average Bonchev–Trinajstić information content (AvgIpc) is 3.92. The molecule has 0 bridgehead atoms. The number of fused-ring (bicyclic) bond motifs is 4. The molecule has 1 amide bonds. The lowest BCUT2D eigenvalue weighted by molar-refractivity contribution is 0.0941. The summed E-state index contributed by atoms with van der Waals surface area (Å²) in [5.74, 6) is 2.48. The van der Waals surface area contributed by atoms with Crippen LogP contribution in [0.2, 0.25) is 0 Å². The summed E-state index contributed by atoms with van der Waals surface area (Å²) in [7, 11) is -3.99. The zero-order valence-corrected chi connectivity index (χ0v) is 24.4. The highest BCUT2D eigenvalue weighted by Gasteiger charge is 2.50. The highest BCUT2D eigenvalue weighted by atomic mass is 32.2. The van der Waals surface area contributed by atoms with Crippen LogP contribution in [0.5, 0.6) is 0 Å². The third-order valence-electron chi connectivity index (χ3n) is 8.68. The van der Waals surface area contributed by atoms with Crippen molar-refractivity contribution in [2.24, 2.45) is 0 Å². The fourth-order valence-electron chi connectivity index (χ4n) is 6.61. The maximum atomic E-state index is 14.3. The third kappa shape index (κ3) is 4.11. The number of anilines is 1. The molecule has 3 aromatic heterocycles. The molecule has 3 N–H and O–H groups in total.